The van der Waals surface area contributed by atoms with Crippen LogP contribution in [0.15, 0.2) is 48.5 Å². The van der Waals surface area contributed by atoms with Gasteiger partial charge in [0.1, 0.15) is 5.75 Å². The van der Waals surface area contributed by atoms with Gasteiger partial charge in [-0.15, -0.1) is 0 Å². The minimum absolute atomic E-state index is 0.0340. The molecule has 0 bridgehead atoms. The van der Waals surface area contributed by atoms with Crippen LogP contribution in [0.5, 0.6) is 5.75 Å². The highest BCUT2D eigenvalue weighted by Gasteiger charge is 2.14. The molecule has 4 heteroatoms. The number of aryl methyl sites for hydroxylation is 1. The first-order valence-corrected chi connectivity index (χ1v) is 7.41. The van der Waals surface area contributed by atoms with Crippen molar-refractivity contribution in [1.82, 2.24) is 5.32 Å². The number of carbonyl (C=O) groups excluding carboxylic acids is 1. The van der Waals surface area contributed by atoms with E-state index in [0.29, 0.717) is 0 Å². The Morgan fingerprint density at radius 3 is 2.50 bits per heavy atom. The lowest BCUT2D eigenvalue weighted by Gasteiger charge is -2.19. The number of carbonyl (C=O) groups is 1. The van der Waals surface area contributed by atoms with Gasteiger partial charge in [-0.05, 0) is 42.7 Å². The van der Waals surface area contributed by atoms with E-state index in [2.05, 4.69) is 16.7 Å². The number of methoxy groups -OCH3 is 1. The Morgan fingerprint density at radius 1 is 1.18 bits per heavy atom. The van der Waals surface area contributed by atoms with Gasteiger partial charge in [-0.25, -0.2) is 4.79 Å². The average Bonchev–Trinajstić information content (AvgIpc) is 2.53. The number of amides is 2. The van der Waals surface area contributed by atoms with E-state index in [1.54, 1.807) is 7.11 Å². The summed E-state index contributed by atoms with van der Waals surface area (Å²) in [6.07, 6.45) is 0.813. The van der Waals surface area contributed by atoms with Crippen LogP contribution in [0.25, 0.3) is 0 Å². The fourth-order valence-corrected chi connectivity index (χ4v) is 2.39. The van der Waals surface area contributed by atoms with Crippen molar-refractivity contribution in [3.05, 3.63) is 59.7 Å². The van der Waals surface area contributed by atoms with Crippen molar-refractivity contribution in [2.45, 2.75) is 26.3 Å². The average molecular weight is 298 g/mol. The molecule has 0 spiro atoms. The Labute approximate surface area is 131 Å². The largest absolute Gasteiger partial charge is 0.496 e. The maximum Gasteiger partial charge on any atom is 0.319 e. The lowest BCUT2D eigenvalue weighted by Crippen LogP contribution is -2.32. The molecule has 4 nitrogen and oxygen atoms in total. The number of hydrogen-bond acceptors (Lipinski definition) is 2. The zero-order chi connectivity index (χ0) is 15.9. The molecule has 1 atom stereocenters. The van der Waals surface area contributed by atoms with Crippen LogP contribution in [-0.4, -0.2) is 13.1 Å². The number of hydrogen-bond donors (Lipinski definition) is 2. The van der Waals surface area contributed by atoms with Crippen LogP contribution in [0.1, 0.15) is 30.5 Å². The third kappa shape index (κ3) is 4.01. The summed E-state index contributed by atoms with van der Waals surface area (Å²) in [5.41, 5.74) is 2.91. The van der Waals surface area contributed by atoms with Crippen LogP contribution < -0.4 is 15.4 Å². The van der Waals surface area contributed by atoms with E-state index in [1.807, 2.05) is 56.3 Å². The summed E-state index contributed by atoms with van der Waals surface area (Å²) in [5.74, 6) is 0.854. The van der Waals surface area contributed by atoms with Crippen molar-refractivity contribution in [3.63, 3.8) is 0 Å². The molecule has 2 aromatic rings. The number of benzene rings is 2. The third-order valence-corrected chi connectivity index (χ3v) is 3.57. The number of nitrogens with one attached hydrogen (secondary N) is 2. The molecule has 0 radical (unpaired) electrons. The molecular weight excluding hydrogens is 276 g/mol. The molecule has 0 unspecified atom stereocenters. The second kappa shape index (κ2) is 7.50. The molecule has 2 aromatic carbocycles. The van der Waals surface area contributed by atoms with Gasteiger partial charge in [0.25, 0.3) is 0 Å². The van der Waals surface area contributed by atoms with Gasteiger partial charge in [0, 0.05) is 5.69 Å². The molecule has 0 saturated heterocycles. The highest BCUT2D eigenvalue weighted by Crippen LogP contribution is 2.24. The first kappa shape index (κ1) is 15.9. The maximum absolute atomic E-state index is 12.1. The topological polar surface area (TPSA) is 50.4 Å². The smallest absolute Gasteiger partial charge is 0.319 e. The predicted octanol–water partition coefficient (Wildman–Crippen LogP) is 4.28. The Bertz CT molecular complexity index is 626. The lowest BCUT2D eigenvalue weighted by molar-refractivity contribution is 0.248. The maximum atomic E-state index is 12.1. The molecule has 0 aliphatic carbocycles. The predicted molar refractivity (Wildman–Crippen MR) is 89.4 cm³/mol. The highest BCUT2D eigenvalue weighted by atomic mass is 16.5. The van der Waals surface area contributed by atoms with Crippen LogP contribution in [-0.2, 0) is 0 Å². The Hall–Kier alpha value is -2.49. The molecule has 0 aromatic heterocycles. The molecule has 0 fully saturated rings. The summed E-state index contributed by atoms with van der Waals surface area (Å²) >= 11 is 0. The summed E-state index contributed by atoms with van der Waals surface area (Å²) in [7, 11) is 1.66. The van der Waals surface area contributed by atoms with E-state index < -0.39 is 0 Å². The second-order valence-corrected chi connectivity index (χ2v) is 5.15. The van der Waals surface area contributed by atoms with Gasteiger partial charge in [0.2, 0.25) is 0 Å². The van der Waals surface area contributed by atoms with Crippen LogP contribution >= 0.6 is 0 Å². The molecule has 0 heterocycles. The summed E-state index contributed by atoms with van der Waals surface area (Å²) in [6, 6.07) is 15.1. The number of ether oxygens (including phenoxy) is 1. The molecule has 2 N–H and O–H groups in total. The van der Waals surface area contributed by atoms with Crippen molar-refractivity contribution in [2.75, 3.05) is 12.4 Å². The van der Waals surface area contributed by atoms with Crippen molar-refractivity contribution in [1.29, 1.82) is 0 Å². The zero-order valence-corrected chi connectivity index (χ0v) is 13.2. The fourth-order valence-electron chi connectivity index (χ4n) is 2.39. The monoisotopic (exact) mass is 298 g/mol. The molecule has 116 valence electrons. The van der Waals surface area contributed by atoms with Crippen molar-refractivity contribution in [2.24, 2.45) is 0 Å². The normalized spacial score (nSPS) is 11.6. The van der Waals surface area contributed by atoms with E-state index in [0.717, 1.165) is 29.0 Å². The van der Waals surface area contributed by atoms with Crippen LogP contribution in [0, 0.1) is 6.92 Å². The number of para-hydroxylation sites is 1. The number of urea groups is 1. The second-order valence-electron chi connectivity index (χ2n) is 5.15. The van der Waals surface area contributed by atoms with Gasteiger partial charge in [0.15, 0.2) is 0 Å². The minimum Gasteiger partial charge on any atom is -0.496 e. The van der Waals surface area contributed by atoms with E-state index in [4.69, 9.17) is 4.74 Å². The summed E-state index contributed by atoms with van der Waals surface area (Å²) in [5, 5.41) is 5.84. The minimum atomic E-state index is -0.202. The lowest BCUT2D eigenvalue weighted by atomic mass is 10.0. The van der Waals surface area contributed by atoms with Crippen LogP contribution in [0.2, 0.25) is 0 Å². The molecular formula is C18H22N2O2. The van der Waals surface area contributed by atoms with E-state index in [1.165, 1.54) is 0 Å². The van der Waals surface area contributed by atoms with E-state index in [9.17, 15) is 4.79 Å². The van der Waals surface area contributed by atoms with E-state index >= 15 is 0 Å². The Morgan fingerprint density at radius 2 is 1.91 bits per heavy atom. The van der Waals surface area contributed by atoms with Gasteiger partial charge in [-0.2, -0.15) is 0 Å². The number of rotatable bonds is 5. The van der Waals surface area contributed by atoms with Crippen molar-refractivity contribution < 1.29 is 9.53 Å². The van der Waals surface area contributed by atoms with Crippen molar-refractivity contribution in [3.8, 4) is 5.75 Å². The summed E-state index contributed by atoms with van der Waals surface area (Å²) in [4.78, 5) is 12.1. The van der Waals surface area contributed by atoms with Crippen molar-refractivity contribution >= 4 is 11.7 Å². The van der Waals surface area contributed by atoms with Gasteiger partial charge < -0.3 is 15.4 Å². The van der Waals surface area contributed by atoms with Crippen LogP contribution in [0.3, 0.4) is 0 Å². The Balaban J connectivity index is 2.05. The van der Waals surface area contributed by atoms with Gasteiger partial charge in [0.05, 0.1) is 13.2 Å². The molecule has 2 rings (SSSR count). The SMILES string of the molecule is CC[C@@H](NC(=O)Nc1ccccc1)c1ccc(OC)c(C)c1. The zero-order valence-electron chi connectivity index (χ0n) is 13.2. The first-order valence-electron chi connectivity index (χ1n) is 7.41. The summed E-state index contributed by atoms with van der Waals surface area (Å²) < 4.78 is 5.27. The van der Waals surface area contributed by atoms with Gasteiger partial charge in [-0.1, -0.05) is 37.3 Å². The van der Waals surface area contributed by atoms with Crippen LogP contribution in [0.4, 0.5) is 10.5 Å². The fraction of sp³-hybridized carbons (Fsp3) is 0.278. The third-order valence-electron chi connectivity index (χ3n) is 3.57. The molecule has 2 amide bonds. The molecule has 0 saturated carbocycles. The molecule has 0 aliphatic heterocycles. The summed E-state index contributed by atoms with van der Waals surface area (Å²) in [6.45, 7) is 4.05. The van der Waals surface area contributed by atoms with E-state index in [-0.39, 0.29) is 12.1 Å². The molecule has 22 heavy (non-hydrogen) atoms. The Kier molecular flexibility index (Phi) is 5.42. The molecule has 0 aliphatic rings. The quantitative estimate of drug-likeness (QED) is 0.865. The standard InChI is InChI=1S/C18H22N2O2/c1-4-16(14-10-11-17(22-3)13(2)12-14)20-18(21)19-15-8-6-5-7-9-15/h5-12,16H,4H2,1-3H3,(H2,19,20,21)/t16-/m1/s1. The van der Waals surface area contributed by atoms with Gasteiger partial charge >= 0.3 is 6.03 Å². The highest BCUT2D eigenvalue weighted by molar-refractivity contribution is 5.89. The number of anilines is 1. The first-order chi connectivity index (χ1) is 10.6. The van der Waals surface area contributed by atoms with Gasteiger partial charge in [-0.3, -0.25) is 0 Å².